The molecule has 0 aromatic carbocycles. The predicted molar refractivity (Wildman–Crippen MR) is 102 cm³/mol. The summed E-state index contributed by atoms with van der Waals surface area (Å²) >= 11 is 0. The molecule has 0 spiro atoms. The van der Waals surface area contributed by atoms with Crippen LogP contribution in [0, 0.1) is 17.8 Å². The van der Waals surface area contributed by atoms with Crippen LogP contribution in [-0.2, 0) is 0 Å². The number of aromatic nitrogens is 1. The molecule has 1 rings (SSSR count). The maximum Gasteiger partial charge on any atom is 0.0854 e. The van der Waals surface area contributed by atoms with Crippen molar-refractivity contribution in [2.24, 2.45) is 11.1 Å². The number of nitrogens with one attached hydrogen (secondary N) is 1. The van der Waals surface area contributed by atoms with E-state index in [1.807, 2.05) is 18.2 Å². The molecule has 0 aliphatic rings. The molecule has 0 fully saturated rings. The molecule has 0 radical (unpaired) electrons. The fraction of sp³-hybridized carbons (Fsp3) is 0.550. The van der Waals surface area contributed by atoms with Crippen LogP contribution >= 0.6 is 0 Å². The molecule has 1 aromatic heterocycles. The van der Waals surface area contributed by atoms with Gasteiger partial charge in [-0.3, -0.25) is 4.98 Å². The summed E-state index contributed by atoms with van der Waals surface area (Å²) in [7, 11) is 0. The summed E-state index contributed by atoms with van der Waals surface area (Å²) < 4.78 is 0. The Bertz CT molecular complexity index is 458. The molecule has 128 valence electrons. The lowest BCUT2D eigenvalue weighted by Crippen LogP contribution is -2.22. The first-order valence-corrected chi connectivity index (χ1v) is 8.44. The molecule has 3 heteroatoms. The normalized spacial score (nSPS) is 10.2. The molecular weight excluding hydrogens is 282 g/mol. The molecule has 3 N–H and O–H groups in total. The maximum absolute atomic E-state index is 5.55. The standard InChI is InChI=1S/C15H25N3.C5H8/c1-13(14-7-4-5-11-18-14)17-12-9-15(2,3)8-6-10-16;1-3-5-4-2/h4-5,7,11,17H,1,6,8-10,12,16H2,2-3H3;1H,4-5H2,2H3. The van der Waals surface area contributed by atoms with Gasteiger partial charge in [0, 0.05) is 19.2 Å². The lowest BCUT2D eigenvalue weighted by Gasteiger charge is -2.24. The highest BCUT2D eigenvalue weighted by atomic mass is 14.9. The van der Waals surface area contributed by atoms with E-state index >= 15 is 0 Å². The Morgan fingerprint density at radius 2 is 2.13 bits per heavy atom. The van der Waals surface area contributed by atoms with Gasteiger partial charge in [-0.15, -0.1) is 12.3 Å². The van der Waals surface area contributed by atoms with Gasteiger partial charge in [0.25, 0.3) is 0 Å². The van der Waals surface area contributed by atoms with E-state index in [1.165, 1.54) is 6.42 Å². The van der Waals surface area contributed by atoms with E-state index in [9.17, 15) is 0 Å². The largest absolute Gasteiger partial charge is 0.384 e. The first kappa shape index (κ1) is 21.2. The van der Waals surface area contributed by atoms with Crippen molar-refractivity contribution in [1.29, 1.82) is 0 Å². The summed E-state index contributed by atoms with van der Waals surface area (Å²) in [6.07, 6.45) is 12.1. The van der Waals surface area contributed by atoms with Crippen LogP contribution in [0.5, 0.6) is 0 Å². The van der Waals surface area contributed by atoms with E-state index in [0.29, 0.717) is 5.41 Å². The van der Waals surface area contributed by atoms with Crippen molar-refractivity contribution in [1.82, 2.24) is 10.3 Å². The highest BCUT2D eigenvalue weighted by Crippen LogP contribution is 2.25. The Morgan fingerprint density at radius 1 is 1.39 bits per heavy atom. The fourth-order valence-electron chi connectivity index (χ4n) is 2.03. The quantitative estimate of drug-likeness (QED) is 0.671. The summed E-state index contributed by atoms with van der Waals surface area (Å²) in [6, 6.07) is 5.85. The minimum absolute atomic E-state index is 0.330. The second kappa shape index (κ2) is 12.7. The first-order valence-electron chi connectivity index (χ1n) is 8.44. The number of hydrogen-bond acceptors (Lipinski definition) is 3. The van der Waals surface area contributed by atoms with Crippen LogP contribution in [0.15, 0.2) is 31.0 Å². The molecule has 0 unspecified atom stereocenters. The molecular formula is C20H33N3. The lowest BCUT2D eigenvalue weighted by atomic mass is 9.84. The van der Waals surface area contributed by atoms with E-state index in [2.05, 4.69) is 43.6 Å². The number of nitrogens with two attached hydrogens (primary N) is 1. The van der Waals surface area contributed by atoms with Gasteiger partial charge in [-0.1, -0.05) is 33.4 Å². The lowest BCUT2D eigenvalue weighted by molar-refractivity contribution is 0.301. The SMILES string of the molecule is C#CCCC.C=C(NCCC(C)(C)CCCN)c1ccccn1. The number of hydrogen-bond donors (Lipinski definition) is 2. The highest BCUT2D eigenvalue weighted by molar-refractivity contribution is 5.57. The molecule has 0 atom stereocenters. The van der Waals surface area contributed by atoms with Crippen LogP contribution in [0.1, 0.15) is 58.6 Å². The Kier molecular flexibility index (Phi) is 11.7. The summed E-state index contributed by atoms with van der Waals surface area (Å²) in [5.41, 5.74) is 7.69. The van der Waals surface area contributed by atoms with Crippen molar-refractivity contribution in [3.63, 3.8) is 0 Å². The van der Waals surface area contributed by atoms with Crippen LogP contribution in [-0.4, -0.2) is 18.1 Å². The van der Waals surface area contributed by atoms with Gasteiger partial charge in [0.15, 0.2) is 0 Å². The average molecular weight is 316 g/mol. The molecule has 23 heavy (non-hydrogen) atoms. The van der Waals surface area contributed by atoms with Crippen LogP contribution in [0.4, 0.5) is 0 Å². The number of unbranched alkanes of at least 4 members (excludes halogenated alkanes) is 1. The van der Waals surface area contributed by atoms with E-state index < -0.39 is 0 Å². The van der Waals surface area contributed by atoms with Gasteiger partial charge in [-0.25, -0.2) is 0 Å². The van der Waals surface area contributed by atoms with E-state index in [4.69, 9.17) is 12.2 Å². The fourth-order valence-corrected chi connectivity index (χ4v) is 2.03. The van der Waals surface area contributed by atoms with Crippen LogP contribution in [0.2, 0.25) is 0 Å². The third-order valence-electron chi connectivity index (χ3n) is 3.57. The Morgan fingerprint density at radius 3 is 2.61 bits per heavy atom. The molecule has 0 aliphatic carbocycles. The molecule has 1 aromatic rings. The van der Waals surface area contributed by atoms with E-state index in [1.54, 1.807) is 6.20 Å². The van der Waals surface area contributed by atoms with Gasteiger partial charge in [0.1, 0.15) is 0 Å². The highest BCUT2D eigenvalue weighted by Gasteiger charge is 2.16. The molecule has 1 heterocycles. The molecule has 0 aliphatic heterocycles. The topological polar surface area (TPSA) is 50.9 Å². The predicted octanol–water partition coefficient (Wildman–Crippen LogP) is 4.22. The minimum Gasteiger partial charge on any atom is -0.384 e. The van der Waals surface area contributed by atoms with Crippen molar-refractivity contribution in [3.8, 4) is 12.3 Å². The summed E-state index contributed by atoms with van der Waals surface area (Å²) in [5.74, 6) is 2.52. The summed E-state index contributed by atoms with van der Waals surface area (Å²) in [4.78, 5) is 4.26. The third-order valence-corrected chi connectivity index (χ3v) is 3.57. The van der Waals surface area contributed by atoms with Crippen LogP contribution in [0.3, 0.4) is 0 Å². The zero-order valence-corrected chi connectivity index (χ0v) is 15.1. The number of pyridine rings is 1. The van der Waals surface area contributed by atoms with Crippen molar-refractivity contribution in [2.75, 3.05) is 13.1 Å². The molecule has 3 nitrogen and oxygen atoms in total. The van der Waals surface area contributed by atoms with E-state index in [-0.39, 0.29) is 0 Å². The number of terminal acetylenes is 1. The zero-order valence-electron chi connectivity index (χ0n) is 15.1. The third kappa shape index (κ3) is 11.4. The van der Waals surface area contributed by atoms with Gasteiger partial charge in [0.05, 0.1) is 11.4 Å². The van der Waals surface area contributed by atoms with Gasteiger partial charge in [0.2, 0.25) is 0 Å². The first-order chi connectivity index (χ1) is 11.0. The van der Waals surface area contributed by atoms with Gasteiger partial charge >= 0.3 is 0 Å². The molecule has 0 bridgehead atoms. The van der Waals surface area contributed by atoms with Gasteiger partial charge in [-0.05, 0) is 49.8 Å². The maximum atomic E-state index is 5.55. The Labute approximate surface area is 142 Å². The summed E-state index contributed by atoms with van der Waals surface area (Å²) in [6.45, 7) is 12.4. The van der Waals surface area contributed by atoms with Crippen molar-refractivity contribution >= 4 is 5.70 Å². The molecule has 0 saturated heterocycles. The van der Waals surface area contributed by atoms with Gasteiger partial charge in [-0.2, -0.15) is 0 Å². The molecule has 0 amide bonds. The van der Waals surface area contributed by atoms with E-state index in [0.717, 1.165) is 50.2 Å². The number of rotatable bonds is 9. The van der Waals surface area contributed by atoms with Gasteiger partial charge < -0.3 is 11.1 Å². The van der Waals surface area contributed by atoms with Crippen LogP contribution < -0.4 is 11.1 Å². The second-order valence-electron chi connectivity index (χ2n) is 6.38. The van der Waals surface area contributed by atoms with Crippen LogP contribution in [0.25, 0.3) is 5.70 Å². The number of nitrogens with zero attached hydrogens (tertiary/aromatic N) is 1. The minimum atomic E-state index is 0.330. The zero-order chi connectivity index (χ0) is 17.6. The Balaban J connectivity index is 0.000000841. The van der Waals surface area contributed by atoms with Crippen molar-refractivity contribution in [2.45, 2.75) is 52.9 Å². The monoisotopic (exact) mass is 315 g/mol. The average Bonchev–Trinajstić information content (AvgIpc) is 2.55. The Hall–Kier alpha value is -1.79. The van der Waals surface area contributed by atoms with Crippen molar-refractivity contribution < 1.29 is 0 Å². The molecule has 0 saturated carbocycles. The summed E-state index contributed by atoms with van der Waals surface area (Å²) in [5, 5.41) is 3.34. The van der Waals surface area contributed by atoms with Crippen molar-refractivity contribution in [3.05, 3.63) is 36.7 Å². The smallest absolute Gasteiger partial charge is 0.0854 e. The second-order valence-corrected chi connectivity index (χ2v) is 6.38.